The minimum Gasteiger partial charge on any atom is -0.365 e. The Morgan fingerprint density at radius 2 is 1.68 bits per heavy atom. The number of hydrogen-bond donors (Lipinski definition) is 1. The summed E-state index contributed by atoms with van der Waals surface area (Å²) in [5.74, 6) is -15.8. The zero-order chi connectivity index (χ0) is 15.1. The highest BCUT2D eigenvalue weighted by Crippen LogP contribution is 2.46. The van der Waals surface area contributed by atoms with Gasteiger partial charge in [-0.15, -0.1) is 5.10 Å². The molecule has 0 amide bonds. The van der Waals surface area contributed by atoms with E-state index in [-0.39, 0.29) is 4.80 Å². The molecule has 0 aliphatic rings. The zero-order valence-electron chi connectivity index (χ0n) is 8.63. The minimum atomic E-state index is -6.58. The van der Waals surface area contributed by atoms with E-state index in [4.69, 9.17) is 5.73 Å². The lowest BCUT2D eigenvalue weighted by Crippen LogP contribution is -2.57. The van der Waals surface area contributed by atoms with Gasteiger partial charge in [-0.25, -0.2) is 0 Å². The Balaban J connectivity index is 2.97. The van der Waals surface area contributed by atoms with E-state index in [2.05, 4.69) is 15.4 Å². The van der Waals surface area contributed by atoms with Crippen LogP contribution in [0, 0.1) is 0 Å². The smallest absolute Gasteiger partial charge is 0.365 e. The molecular formula is C6H4F7N5O. The van der Waals surface area contributed by atoms with Crippen molar-refractivity contribution in [3.8, 4) is 0 Å². The van der Waals surface area contributed by atoms with Crippen molar-refractivity contribution in [1.82, 2.24) is 20.2 Å². The van der Waals surface area contributed by atoms with Crippen LogP contribution >= 0.6 is 0 Å². The number of alkyl halides is 7. The molecule has 1 rings (SSSR count). The number of hydrogen-bond acceptors (Lipinski definition) is 5. The predicted octanol–water partition coefficient (Wildman–Crippen LogP) is 0.657. The van der Waals surface area contributed by atoms with Gasteiger partial charge in [-0.2, -0.15) is 35.5 Å². The van der Waals surface area contributed by atoms with E-state index < -0.39 is 36.3 Å². The Kier molecular flexibility index (Phi) is 3.43. The summed E-state index contributed by atoms with van der Waals surface area (Å²) in [6, 6.07) is 0. The van der Waals surface area contributed by atoms with Gasteiger partial charge in [0.05, 0.1) is 0 Å². The van der Waals surface area contributed by atoms with Crippen LogP contribution in [-0.2, 0) is 11.3 Å². The van der Waals surface area contributed by atoms with Crippen LogP contribution < -0.4 is 5.73 Å². The second kappa shape index (κ2) is 4.31. The molecule has 0 unspecified atom stereocenters. The second-order valence-electron chi connectivity index (χ2n) is 3.25. The maximum absolute atomic E-state index is 12.8. The van der Waals surface area contributed by atoms with Gasteiger partial charge >= 0.3 is 18.0 Å². The van der Waals surface area contributed by atoms with Crippen LogP contribution in [0.15, 0.2) is 0 Å². The Labute approximate surface area is 98.9 Å². The molecule has 0 fully saturated rings. The average Bonchev–Trinajstić information content (AvgIpc) is 2.61. The van der Waals surface area contributed by atoms with Gasteiger partial charge in [0.25, 0.3) is 5.95 Å². The Hall–Kier alpha value is -1.95. The molecule has 2 N–H and O–H groups in total. The summed E-state index contributed by atoms with van der Waals surface area (Å²) in [6.45, 7) is -1.64. The summed E-state index contributed by atoms with van der Waals surface area (Å²) in [6.07, 6.45) is -6.58. The number of carbonyl (C=O) groups is 1. The highest BCUT2D eigenvalue weighted by Gasteiger charge is 2.75. The van der Waals surface area contributed by atoms with Crippen molar-refractivity contribution < 1.29 is 35.5 Å². The monoisotopic (exact) mass is 295 g/mol. The number of Topliss-reactive ketones (excluding diaryl/α,β-unsaturated/α-hetero) is 1. The number of ketones is 1. The molecule has 19 heavy (non-hydrogen) atoms. The summed E-state index contributed by atoms with van der Waals surface area (Å²) in [5.41, 5.74) is 4.89. The van der Waals surface area contributed by atoms with Crippen LogP contribution in [0.3, 0.4) is 0 Å². The summed E-state index contributed by atoms with van der Waals surface area (Å²) < 4.78 is 86.0. The molecule has 108 valence electrons. The zero-order valence-corrected chi connectivity index (χ0v) is 8.63. The molecule has 1 aromatic heterocycles. The molecule has 1 aromatic rings. The number of nitrogens with zero attached hydrogens (tertiary/aromatic N) is 4. The van der Waals surface area contributed by atoms with Crippen molar-refractivity contribution in [3.63, 3.8) is 0 Å². The molecule has 0 radical (unpaired) electrons. The molecule has 0 spiro atoms. The first-order chi connectivity index (χ1) is 8.39. The van der Waals surface area contributed by atoms with Gasteiger partial charge in [-0.1, -0.05) is 5.10 Å². The number of carbonyl (C=O) groups excluding carboxylic acids is 1. The maximum Gasteiger partial charge on any atom is 0.460 e. The number of halogens is 7. The first-order valence-electron chi connectivity index (χ1n) is 4.28. The van der Waals surface area contributed by atoms with E-state index in [1.165, 1.54) is 0 Å². The highest BCUT2D eigenvalue weighted by molar-refractivity contribution is 5.86. The molecule has 0 aliphatic heterocycles. The molecule has 0 aliphatic carbocycles. The maximum atomic E-state index is 12.8. The van der Waals surface area contributed by atoms with Gasteiger partial charge in [-0.05, 0) is 5.21 Å². The van der Waals surface area contributed by atoms with Crippen LogP contribution in [-0.4, -0.2) is 44.0 Å². The highest BCUT2D eigenvalue weighted by atomic mass is 19.4. The number of tetrazole rings is 1. The van der Waals surface area contributed by atoms with Crippen LogP contribution in [0.2, 0.25) is 0 Å². The fourth-order valence-electron chi connectivity index (χ4n) is 0.904. The van der Waals surface area contributed by atoms with Gasteiger partial charge in [-0.3, -0.25) is 4.79 Å². The largest absolute Gasteiger partial charge is 0.460 e. The van der Waals surface area contributed by atoms with Gasteiger partial charge in [0.1, 0.15) is 6.54 Å². The van der Waals surface area contributed by atoms with E-state index in [1.54, 1.807) is 0 Å². The Bertz CT molecular complexity index is 481. The number of nitrogens with two attached hydrogens (primary N) is 1. The van der Waals surface area contributed by atoms with Gasteiger partial charge < -0.3 is 5.73 Å². The SMILES string of the molecule is Nc1nnn(CC(=O)C(F)(F)C(F)(F)C(F)(F)F)n1. The molecule has 0 saturated heterocycles. The lowest BCUT2D eigenvalue weighted by molar-refractivity contribution is -0.343. The fraction of sp³-hybridized carbons (Fsp3) is 0.667. The molecule has 6 nitrogen and oxygen atoms in total. The first-order valence-corrected chi connectivity index (χ1v) is 4.28. The van der Waals surface area contributed by atoms with Crippen molar-refractivity contribution >= 4 is 11.7 Å². The molecule has 0 aromatic carbocycles. The molecule has 0 saturated carbocycles. The second-order valence-corrected chi connectivity index (χ2v) is 3.25. The third-order valence-electron chi connectivity index (χ3n) is 1.85. The molecule has 0 bridgehead atoms. The summed E-state index contributed by atoms with van der Waals surface area (Å²) in [7, 11) is 0. The summed E-state index contributed by atoms with van der Waals surface area (Å²) in [4.78, 5) is 10.9. The van der Waals surface area contributed by atoms with Gasteiger partial charge in [0, 0.05) is 0 Å². The molecule has 1 heterocycles. The normalized spacial score (nSPS) is 13.6. The summed E-state index contributed by atoms with van der Waals surface area (Å²) in [5, 5.41) is 8.80. The van der Waals surface area contributed by atoms with E-state index in [9.17, 15) is 35.5 Å². The van der Waals surface area contributed by atoms with Gasteiger partial charge in [0.15, 0.2) is 0 Å². The van der Waals surface area contributed by atoms with Crippen LogP contribution in [0.5, 0.6) is 0 Å². The molecule has 13 heteroatoms. The number of rotatable bonds is 4. The lowest BCUT2D eigenvalue weighted by Gasteiger charge is -2.26. The average molecular weight is 295 g/mol. The standard InChI is InChI=1S/C6H4F7N5O/c7-4(8,5(9,10)6(11,12)13)2(19)1-18-16-3(14)15-17-18/h1H2,(H2,14,16). The van der Waals surface area contributed by atoms with E-state index in [0.29, 0.717) is 0 Å². The Morgan fingerprint density at radius 1 is 1.16 bits per heavy atom. The van der Waals surface area contributed by atoms with Crippen LogP contribution in [0.4, 0.5) is 36.7 Å². The quantitative estimate of drug-likeness (QED) is 0.824. The number of aromatic nitrogens is 4. The number of nitrogen functional groups attached to an aromatic ring is 1. The van der Waals surface area contributed by atoms with Crippen LogP contribution in [0.25, 0.3) is 0 Å². The van der Waals surface area contributed by atoms with Crippen molar-refractivity contribution in [1.29, 1.82) is 0 Å². The van der Waals surface area contributed by atoms with E-state index in [1.807, 2.05) is 0 Å². The van der Waals surface area contributed by atoms with Crippen molar-refractivity contribution in [2.75, 3.05) is 5.73 Å². The van der Waals surface area contributed by atoms with Crippen molar-refractivity contribution in [2.24, 2.45) is 0 Å². The van der Waals surface area contributed by atoms with E-state index in [0.717, 1.165) is 0 Å². The topological polar surface area (TPSA) is 86.7 Å². The van der Waals surface area contributed by atoms with Crippen molar-refractivity contribution in [2.45, 2.75) is 24.6 Å². The van der Waals surface area contributed by atoms with Gasteiger partial charge in [0.2, 0.25) is 5.78 Å². The Morgan fingerprint density at radius 3 is 2.05 bits per heavy atom. The third kappa shape index (κ3) is 2.58. The molecule has 0 atom stereocenters. The summed E-state index contributed by atoms with van der Waals surface area (Å²) >= 11 is 0. The van der Waals surface area contributed by atoms with Crippen LogP contribution in [0.1, 0.15) is 0 Å². The fourth-order valence-corrected chi connectivity index (χ4v) is 0.904. The minimum absolute atomic E-state index is 0.0675. The first kappa shape index (κ1) is 15.1. The molecular weight excluding hydrogens is 291 g/mol. The lowest BCUT2D eigenvalue weighted by atomic mass is 10.1. The predicted molar refractivity (Wildman–Crippen MR) is 43.2 cm³/mol. The number of anilines is 1. The van der Waals surface area contributed by atoms with E-state index >= 15 is 0 Å². The van der Waals surface area contributed by atoms with Crippen molar-refractivity contribution in [3.05, 3.63) is 0 Å². The third-order valence-corrected chi connectivity index (χ3v) is 1.85.